The van der Waals surface area contributed by atoms with Crippen LogP contribution in [0.2, 0.25) is 0 Å². The predicted molar refractivity (Wildman–Crippen MR) is 69.9 cm³/mol. The molecule has 18 heavy (non-hydrogen) atoms. The lowest BCUT2D eigenvalue weighted by molar-refractivity contribution is 0.199. The molecule has 4 nitrogen and oxygen atoms in total. The first kappa shape index (κ1) is 13.1. The van der Waals surface area contributed by atoms with Crippen molar-refractivity contribution in [3.05, 3.63) is 24.0 Å². The highest BCUT2D eigenvalue weighted by molar-refractivity contribution is 5.11. The molecule has 98 valence electrons. The van der Waals surface area contributed by atoms with Gasteiger partial charge in [0.25, 0.3) is 0 Å². The van der Waals surface area contributed by atoms with Gasteiger partial charge in [-0.25, -0.2) is 0 Å². The Labute approximate surface area is 109 Å². The van der Waals surface area contributed by atoms with Crippen LogP contribution in [-0.2, 0) is 17.8 Å². The van der Waals surface area contributed by atoms with Crippen LogP contribution in [-0.4, -0.2) is 24.8 Å². The Bertz CT molecular complexity index is 415. The Morgan fingerprint density at radius 3 is 3.06 bits per heavy atom. The maximum absolute atomic E-state index is 8.81. The van der Waals surface area contributed by atoms with E-state index in [1.807, 2.05) is 0 Å². The topological polar surface area (TPSA) is 50.0 Å². The lowest BCUT2D eigenvalue weighted by Crippen LogP contribution is -2.18. The van der Waals surface area contributed by atoms with Gasteiger partial charge in [0.05, 0.1) is 12.7 Å². The van der Waals surface area contributed by atoms with Crippen LogP contribution in [0.4, 0.5) is 0 Å². The van der Waals surface area contributed by atoms with Gasteiger partial charge >= 0.3 is 0 Å². The SMILES string of the molecule is COCCNCc1ccn(CC2(CC#N)CC2)c1. The predicted octanol–water partition coefficient (Wildman–Crippen LogP) is 1.92. The molecule has 0 unspecified atom stereocenters. The first-order valence-electron chi connectivity index (χ1n) is 6.49. The molecule has 0 amide bonds. The van der Waals surface area contributed by atoms with Crippen molar-refractivity contribution in [3.63, 3.8) is 0 Å². The highest BCUT2D eigenvalue weighted by atomic mass is 16.5. The number of nitrogens with one attached hydrogen (secondary N) is 1. The second kappa shape index (κ2) is 6.03. The highest BCUT2D eigenvalue weighted by Crippen LogP contribution is 2.49. The number of hydrogen-bond acceptors (Lipinski definition) is 3. The average Bonchev–Trinajstić information content (AvgIpc) is 2.96. The van der Waals surface area contributed by atoms with Crippen molar-refractivity contribution < 1.29 is 4.74 Å². The average molecular weight is 247 g/mol. The Hall–Kier alpha value is -1.31. The number of rotatable bonds is 8. The monoisotopic (exact) mass is 247 g/mol. The smallest absolute Gasteiger partial charge is 0.0628 e. The van der Waals surface area contributed by atoms with E-state index >= 15 is 0 Å². The minimum atomic E-state index is 0.272. The first-order chi connectivity index (χ1) is 8.78. The molecule has 0 spiro atoms. The van der Waals surface area contributed by atoms with Gasteiger partial charge in [0.15, 0.2) is 0 Å². The van der Waals surface area contributed by atoms with Gasteiger partial charge in [-0.15, -0.1) is 0 Å². The molecular formula is C14H21N3O. The quantitative estimate of drug-likeness (QED) is 0.714. The fourth-order valence-corrected chi connectivity index (χ4v) is 2.22. The molecule has 1 fully saturated rings. The van der Waals surface area contributed by atoms with Crippen LogP contribution in [0.5, 0.6) is 0 Å². The number of aromatic nitrogens is 1. The van der Waals surface area contributed by atoms with Gasteiger partial charge in [0, 0.05) is 51.0 Å². The Kier molecular flexibility index (Phi) is 4.40. The van der Waals surface area contributed by atoms with E-state index in [0.717, 1.165) is 26.2 Å². The Balaban J connectivity index is 1.78. The highest BCUT2D eigenvalue weighted by Gasteiger charge is 2.42. The molecule has 0 aromatic carbocycles. The van der Waals surface area contributed by atoms with E-state index < -0.39 is 0 Å². The zero-order valence-corrected chi connectivity index (χ0v) is 11.0. The zero-order chi connectivity index (χ0) is 12.8. The molecule has 0 radical (unpaired) electrons. The van der Waals surface area contributed by atoms with E-state index in [4.69, 9.17) is 10.00 Å². The summed E-state index contributed by atoms with van der Waals surface area (Å²) in [6.45, 7) is 3.48. The lowest BCUT2D eigenvalue weighted by atomic mass is 10.0. The van der Waals surface area contributed by atoms with Crippen LogP contribution in [0.15, 0.2) is 18.5 Å². The summed E-state index contributed by atoms with van der Waals surface area (Å²) in [5.41, 5.74) is 1.56. The summed E-state index contributed by atoms with van der Waals surface area (Å²) in [6.07, 6.45) is 7.37. The molecule has 1 aromatic rings. The third-order valence-corrected chi connectivity index (χ3v) is 3.55. The number of methoxy groups -OCH3 is 1. The van der Waals surface area contributed by atoms with Crippen LogP contribution in [0.3, 0.4) is 0 Å². The number of nitriles is 1. The molecule has 4 heteroatoms. The summed E-state index contributed by atoms with van der Waals surface area (Å²) < 4.78 is 7.21. The summed E-state index contributed by atoms with van der Waals surface area (Å²) in [5, 5.41) is 12.1. The zero-order valence-electron chi connectivity index (χ0n) is 11.0. The van der Waals surface area contributed by atoms with Gasteiger partial charge in [0.1, 0.15) is 0 Å². The number of hydrogen-bond donors (Lipinski definition) is 1. The van der Waals surface area contributed by atoms with Crippen LogP contribution in [0.25, 0.3) is 0 Å². The van der Waals surface area contributed by atoms with E-state index in [9.17, 15) is 0 Å². The molecule has 1 aliphatic rings. The van der Waals surface area contributed by atoms with Gasteiger partial charge < -0.3 is 14.6 Å². The Morgan fingerprint density at radius 1 is 1.56 bits per heavy atom. The van der Waals surface area contributed by atoms with Crippen molar-refractivity contribution in [2.45, 2.75) is 32.4 Å². The summed E-state index contributed by atoms with van der Waals surface area (Å²) >= 11 is 0. The fourth-order valence-electron chi connectivity index (χ4n) is 2.22. The van der Waals surface area contributed by atoms with Crippen molar-refractivity contribution in [3.8, 4) is 6.07 Å². The van der Waals surface area contributed by atoms with Crippen LogP contribution >= 0.6 is 0 Å². The van der Waals surface area contributed by atoms with Crippen molar-refractivity contribution in [1.82, 2.24) is 9.88 Å². The molecule has 1 aliphatic carbocycles. The normalized spacial score (nSPS) is 16.4. The Morgan fingerprint density at radius 2 is 2.39 bits per heavy atom. The molecule has 1 heterocycles. The maximum Gasteiger partial charge on any atom is 0.0628 e. The summed E-state index contributed by atoms with van der Waals surface area (Å²) in [6, 6.07) is 4.45. The fraction of sp³-hybridized carbons (Fsp3) is 0.643. The molecule has 0 saturated heterocycles. The minimum absolute atomic E-state index is 0.272. The van der Waals surface area contributed by atoms with E-state index in [0.29, 0.717) is 6.42 Å². The van der Waals surface area contributed by atoms with E-state index in [1.54, 1.807) is 7.11 Å². The molecule has 0 bridgehead atoms. The molecule has 2 rings (SSSR count). The van der Waals surface area contributed by atoms with Gasteiger partial charge in [0.2, 0.25) is 0 Å². The number of ether oxygens (including phenoxy) is 1. The third-order valence-electron chi connectivity index (χ3n) is 3.55. The summed E-state index contributed by atoms with van der Waals surface area (Å²) in [7, 11) is 1.71. The molecule has 0 atom stereocenters. The van der Waals surface area contributed by atoms with Gasteiger partial charge in [-0.3, -0.25) is 0 Å². The molecule has 1 N–H and O–H groups in total. The summed E-state index contributed by atoms with van der Waals surface area (Å²) in [5.74, 6) is 0. The van der Waals surface area contributed by atoms with Crippen LogP contribution in [0.1, 0.15) is 24.8 Å². The standard InChI is InChI=1S/C14H21N3O/c1-18-9-7-16-10-13-2-8-17(11-13)12-14(3-4-14)5-6-15/h2,8,11,16H,3-5,7,9-10,12H2,1H3. The van der Waals surface area contributed by atoms with Gasteiger partial charge in [-0.05, 0) is 24.5 Å². The largest absolute Gasteiger partial charge is 0.383 e. The molecular weight excluding hydrogens is 226 g/mol. The lowest BCUT2D eigenvalue weighted by Gasteiger charge is -2.11. The second-order valence-electron chi connectivity index (χ2n) is 5.20. The molecule has 1 saturated carbocycles. The van der Waals surface area contributed by atoms with Crippen LogP contribution < -0.4 is 5.32 Å². The van der Waals surface area contributed by atoms with E-state index in [-0.39, 0.29) is 5.41 Å². The van der Waals surface area contributed by atoms with E-state index in [2.05, 4.69) is 34.4 Å². The van der Waals surface area contributed by atoms with Crippen molar-refractivity contribution >= 4 is 0 Å². The van der Waals surface area contributed by atoms with Crippen molar-refractivity contribution in [2.75, 3.05) is 20.3 Å². The first-order valence-corrected chi connectivity index (χ1v) is 6.49. The third kappa shape index (κ3) is 3.59. The number of nitrogens with zero attached hydrogens (tertiary/aromatic N) is 2. The van der Waals surface area contributed by atoms with Crippen molar-refractivity contribution in [2.24, 2.45) is 5.41 Å². The van der Waals surface area contributed by atoms with Crippen molar-refractivity contribution in [1.29, 1.82) is 5.26 Å². The molecule has 1 aromatic heterocycles. The molecule has 0 aliphatic heterocycles. The van der Waals surface area contributed by atoms with Crippen LogP contribution in [0, 0.1) is 16.7 Å². The van der Waals surface area contributed by atoms with Gasteiger partial charge in [-0.2, -0.15) is 5.26 Å². The maximum atomic E-state index is 8.81. The minimum Gasteiger partial charge on any atom is -0.383 e. The van der Waals surface area contributed by atoms with E-state index in [1.165, 1.54) is 18.4 Å². The second-order valence-corrected chi connectivity index (χ2v) is 5.20. The van der Waals surface area contributed by atoms with Gasteiger partial charge in [-0.1, -0.05) is 0 Å². The summed E-state index contributed by atoms with van der Waals surface area (Å²) in [4.78, 5) is 0.